The maximum absolute atomic E-state index is 11.2. The summed E-state index contributed by atoms with van der Waals surface area (Å²) in [6.45, 7) is 2.33. The van der Waals surface area contributed by atoms with Gasteiger partial charge < -0.3 is 15.1 Å². The third-order valence-corrected chi connectivity index (χ3v) is 1.53. The monoisotopic (exact) mass is 196 g/mol. The second kappa shape index (κ2) is 5.06. The molecule has 5 heteroatoms. The fourth-order valence-electron chi connectivity index (χ4n) is 0.915. The predicted octanol–water partition coefficient (Wildman–Crippen LogP) is 0.145. The van der Waals surface area contributed by atoms with Gasteiger partial charge in [0.2, 0.25) is 5.91 Å². The van der Waals surface area contributed by atoms with E-state index in [1.807, 2.05) is 6.92 Å². The van der Waals surface area contributed by atoms with Crippen molar-refractivity contribution < 1.29 is 14.0 Å². The van der Waals surface area contributed by atoms with Gasteiger partial charge in [0, 0.05) is 6.54 Å². The van der Waals surface area contributed by atoms with Crippen LogP contribution in [0.5, 0.6) is 0 Å². The van der Waals surface area contributed by atoms with Crippen molar-refractivity contribution in [1.29, 1.82) is 0 Å². The second-order valence-electron chi connectivity index (χ2n) is 2.61. The van der Waals surface area contributed by atoms with Crippen LogP contribution in [0, 0.1) is 0 Å². The Bertz CT molecular complexity index is 306. The Kier molecular flexibility index (Phi) is 3.72. The Labute approximate surface area is 81.5 Å². The zero-order chi connectivity index (χ0) is 10.4. The summed E-state index contributed by atoms with van der Waals surface area (Å²) in [7, 11) is 0. The lowest BCUT2D eigenvalue weighted by molar-refractivity contribution is -0.120. The quantitative estimate of drug-likeness (QED) is 0.719. The fraction of sp³-hybridized carbons (Fsp3) is 0.333. The molecule has 0 fully saturated rings. The zero-order valence-corrected chi connectivity index (χ0v) is 7.87. The highest BCUT2D eigenvalue weighted by atomic mass is 16.3. The van der Waals surface area contributed by atoms with E-state index in [0.29, 0.717) is 6.54 Å². The van der Waals surface area contributed by atoms with Gasteiger partial charge in [-0.05, 0) is 19.1 Å². The summed E-state index contributed by atoms with van der Waals surface area (Å²) in [5.74, 6) is -0.400. The number of rotatable bonds is 4. The van der Waals surface area contributed by atoms with Crippen molar-refractivity contribution in [3.63, 3.8) is 0 Å². The van der Waals surface area contributed by atoms with Crippen molar-refractivity contribution in [2.24, 2.45) is 0 Å². The largest absolute Gasteiger partial charge is 0.459 e. The summed E-state index contributed by atoms with van der Waals surface area (Å²) in [6.07, 6.45) is 1.40. The molecule has 0 unspecified atom stereocenters. The van der Waals surface area contributed by atoms with Crippen molar-refractivity contribution >= 4 is 11.8 Å². The maximum atomic E-state index is 11.2. The molecular weight excluding hydrogens is 184 g/mol. The van der Waals surface area contributed by atoms with Gasteiger partial charge in [-0.1, -0.05) is 0 Å². The van der Waals surface area contributed by atoms with Crippen LogP contribution >= 0.6 is 0 Å². The van der Waals surface area contributed by atoms with Crippen molar-refractivity contribution in [2.45, 2.75) is 6.92 Å². The minimum Gasteiger partial charge on any atom is -0.459 e. The summed E-state index contributed by atoms with van der Waals surface area (Å²) in [5, 5.41) is 4.99. The zero-order valence-electron chi connectivity index (χ0n) is 7.87. The van der Waals surface area contributed by atoms with Crippen LogP contribution in [0.3, 0.4) is 0 Å². The van der Waals surface area contributed by atoms with Gasteiger partial charge in [-0.25, -0.2) is 0 Å². The summed E-state index contributed by atoms with van der Waals surface area (Å²) in [4.78, 5) is 22.2. The van der Waals surface area contributed by atoms with Crippen LogP contribution in [0.25, 0.3) is 0 Å². The molecule has 2 N–H and O–H groups in total. The van der Waals surface area contributed by atoms with Crippen molar-refractivity contribution in [3.05, 3.63) is 24.2 Å². The molecule has 1 rings (SSSR count). The third-order valence-electron chi connectivity index (χ3n) is 1.53. The molecule has 0 atom stereocenters. The number of hydrogen-bond donors (Lipinski definition) is 2. The van der Waals surface area contributed by atoms with Crippen LogP contribution in [0.4, 0.5) is 0 Å². The number of hydrogen-bond acceptors (Lipinski definition) is 3. The lowest BCUT2D eigenvalue weighted by atomic mass is 10.4. The fourth-order valence-corrected chi connectivity index (χ4v) is 0.915. The molecule has 0 radical (unpaired) electrons. The van der Waals surface area contributed by atoms with Crippen molar-refractivity contribution in [2.75, 3.05) is 13.1 Å². The molecule has 0 bridgehead atoms. The number of carbonyl (C=O) groups is 2. The standard InChI is InChI=1S/C9H12N2O3/c1-2-10-8(12)6-11-9(13)7-4-3-5-14-7/h3-5H,2,6H2,1H3,(H,10,12)(H,11,13). The highest BCUT2D eigenvalue weighted by molar-refractivity contribution is 5.94. The molecule has 0 aliphatic rings. The molecule has 0 saturated heterocycles. The molecule has 76 valence electrons. The normalized spacial score (nSPS) is 9.50. The Balaban J connectivity index is 2.32. The minimum absolute atomic E-state index is 0.0344. The molecule has 0 spiro atoms. The van der Waals surface area contributed by atoms with Gasteiger partial charge in [-0.15, -0.1) is 0 Å². The highest BCUT2D eigenvalue weighted by Gasteiger charge is 2.08. The van der Waals surface area contributed by atoms with Crippen LogP contribution in [0.1, 0.15) is 17.5 Å². The SMILES string of the molecule is CCNC(=O)CNC(=O)c1ccco1. The highest BCUT2D eigenvalue weighted by Crippen LogP contribution is 1.98. The van der Waals surface area contributed by atoms with Crippen LogP contribution in [-0.4, -0.2) is 24.9 Å². The van der Waals surface area contributed by atoms with E-state index in [-0.39, 0.29) is 24.1 Å². The summed E-state index contributed by atoms with van der Waals surface area (Å²) >= 11 is 0. The van der Waals surface area contributed by atoms with E-state index in [1.54, 1.807) is 6.07 Å². The van der Waals surface area contributed by atoms with E-state index in [0.717, 1.165) is 0 Å². The smallest absolute Gasteiger partial charge is 0.287 e. The van der Waals surface area contributed by atoms with Crippen molar-refractivity contribution in [1.82, 2.24) is 10.6 Å². The summed E-state index contributed by atoms with van der Waals surface area (Å²) in [6, 6.07) is 3.15. The van der Waals surface area contributed by atoms with Gasteiger partial charge in [0.15, 0.2) is 5.76 Å². The topological polar surface area (TPSA) is 71.3 Å². The summed E-state index contributed by atoms with van der Waals surface area (Å²) in [5.41, 5.74) is 0. The molecule has 1 aromatic heterocycles. The first-order valence-corrected chi connectivity index (χ1v) is 4.32. The molecule has 0 saturated carbocycles. The van der Waals surface area contributed by atoms with Crippen LogP contribution in [-0.2, 0) is 4.79 Å². The number of amides is 2. The first-order valence-electron chi connectivity index (χ1n) is 4.32. The Morgan fingerprint density at radius 3 is 2.79 bits per heavy atom. The van der Waals surface area contributed by atoms with Crippen molar-refractivity contribution in [3.8, 4) is 0 Å². The average molecular weight is 196 g/mol. The lowest BCUT2D eigenvalue weighted by Crippen LogP contribution is -2.36. The maximum Gasteiger partial charge on any atom is 0.287 e. The number of nitrogens with one attached hydrogen (secondary N) is 2. The van der Waals surface area contributed by atoms with Gasteiger partial charge in [0.05, 0.1) is 12.8 Å². The second-order valence-corrected chi connectivity index (χ2v) is 2.61. The molecule has 14 heavy (non-hydrogen) atoms. The first-order chi connectivity index (χ1) is 6.74. The molecule has 2 amide bonds. The Hall–Kier alpha value is -1.78. The molecule has 5 nitrogen and oxygen atoms in total. The van der Waals surface area contributed by atoms with Gasteiger partial charge in [0.25, 0.3) is 5.91 Å². The number of carbonyl (C=O) groups excluding carboxylic acids is 2. The van der Waals surface area contributed by atoms with Gasteiger partial charge in [-0.2, -0.15) is 0 Å². The predicted molar refractivity (Wildman–Crippen MR) is 49.7 cm³/mol. The number of furan rings is 1. The molecular formula is C9H12N2O3. The van der Waals surface area contributed by atoms with E-state index in [9.17, 15) is 9.59 Å². The molecule has 0 aromatic carbocycles. The van der Waals surface area contributed by atoms with Crippen LogP contribution in [0.2, 0.25) is 0 Å². The van der Waals surface area contributed by atoms with Crippen LogP contribution in [0.15, 0.2) is 22.8 Å². The Morgan fingerprint density at radius 1 is 1.43 bits per heavy atom. The van der Waals surface area contributed by atoms with Gasteiger partial charge in [-0.3, -0.25) is 9.59 Å². The van der Waals surface area contributed by atoms with Gasteiger partial charge >= 0.3 is 0 Å². The Morgan fingerprint density at radius 2 is 2.21 bits per heavy atom. The molecule has 0 aliphatic heterocycles. The number of likely N-dealkylation sites (N-methyl/N-ethyl adjacent to an activating group) is 1. The van der Waals surface area contributed by atoms with E-state index in [4.69, 9.17) is 4.42 Å². The minimum atomic E-state index is -0.388. The first kappa shape index (κ1) is 10.3. The summed E-state index contributed by atoms with van der Waals surface area (Å²) < 4.78 is 4.84. The van der Waals surface area contributed by atoms with E-state index in [2.05, 4.69) is 10.6 Å². The van der Waals surface area contributed by atoms with Crippen LogP contribution < -0.4 is 10.6 Å². The molecule has 1 aromatic rings. The third kappa shape index (κ3) is 2.93. The molecule has 0 aliphatic carbocycles. The van der Waals surface area contributed by atoms with E-state index in [1.165, 1.54) is 12.3 Å². The average Bonchev–Trinajstić information content (AvgIpc) is 2.67. The van der Waals surface area contributed by atoms with E-state index < -0.39 is 0 Å². The van der Waals surface area contributed by atoms with Gasteiger partial charge in [0.1, 0.15) is 0 Å². The van der Waals surface area contributed by atoms with E-state index >= 15 is 0 Å². The lowest BCUT2D eigenvalue weighted by Gasteiger charge is -2.02. The molecule has 1 heterocycles.